The van der Waals surface area contributed by atoms with Crippen LogP contribution < -0.4 is 9.47 Å². The zero-order chi connectivity index (χ0) is 10.6. The Hall–Kier alpha value is -1.16. The summed E-state index contributed by atoms with van der Waals surface area (Å²) in [6.07, 6.45) is 0. The molecule has 15 heavy (non-hydrogen) atoms. The van der Waals surface area contributed by atoms with Gasteiger partial charge in [0.15, 0.2) is 0 Å². The third-order valence-electron chi connectivity index (χ3n) is 1.44. The van der Waals surface area contributed by atoms with E-state index in [0.717, 1.165) is 0 Å². The van der Waals surface area contributed by atoms with E-state index in [4.69, 9.17) is 9.84 Å². The van der Waals surface area contributed by atoms with Gasteiger partial charge in [-0.15, -0.1) is 0 Å². The van der Waals surface area contributed by atoms with E-state index in [-0.39, 0.29) is 32.0 Å². The van der Waals surface area contributed by atoms with E-state index in [0.29, 0.717) is 5.75 Å². The molecule has 0 bridgehead atoms. The molecule has 1 N–H and O–H groups in total. The fraction of sp³-hybridized carbons (Fsp3) is 0.111. The number of carboxylic acid groups (broad SMARTS) is 1. The molecule has 0 unspecified atom stereocenters. The van der Waals surface area contributed by atoms with Crippen molar-refractivity contribution in [3.8, 4) is 11.5 Å². The zero-order valence-corrected chi connectivity index (χ0v) is 13.6. The molecule has 0 saturated carbocycles. The normalized spacial score (nSPS) is 8.60. The van der Waals surface area contributed by atoms with Crippen molar-refractivity contribution in [3.05, 3.63) is 24.3 Å². The Kier molecular flexibility index (Phi) is 5.86. The van der Waals surface area contributed by atoms with E-state index in [1.54, 1.807) is 12.1 Å². The molecule has 0 fully saturated rings. The number of esters is 1. The van der Waals surface area contributed by atoms with Crippen LogP contribution in [0.3, 0.4) is 0 Å². The molecule has 0 spiro atoms. The maximum absolute atomic E-state index is 10.6. The van der Waals surface area contributed by atoms with Crippen molar-refractivity contribution < 1.29 is 24.2 Å². The molecule has 0 aromatic heterocycles. The fourth-order valence-corrected chi connectivity index (χ4v) is 0.794. The molecule has 0 amide bonds. The first-order valence-corrected chi connectivity index (χ1v) is 3.72. The summed E-state index contributed by atoms with van der Waals surface area (Å²) < 4.78 is 9.35. The van der Waals surface area contributed by atoms with Crippen LogP contribution in [0.2, 0.25) is 0 Å². The van der Waals surface area contributed by atoms with E-state index in [2.05, 4.69) is 4.74 Å². The molecule has 0 aliphatic carbocycles. The van der Waals surface area contributed by atoms with Gasteiger partial charge in [-0.2, -0.15) is 0 Å². The molecule has 0 radical (unpaired) electrons. The van der Waals surface area contributed by atoms with Crippen LogP contribution in [-0.4, -0.2) is 50.4 Å². The van der Waals surface area contributed by atoms with Gasteiger partial charge in [-0.3, -0.25) is 0 Å². The molecule has 0 atom stereocenters. The van der Waals surface area contributed by atoms with Gasteiger partial charge in [0.2, 0.25) is 0 Å². The summed E-state index contributed by atoms with van der Waals surface area (Å²) in [5.74, 6) is -2.17. The predicted octanol–water partition coefficient (Wildman–Crippen LogP) is -0.499. The Labute approximate surface area is 105 Å². The number of aliphatic carboxylic acids is 1. The first-order valence-electron chi connectivity index (χ1n) is 3.72. The number of hydrogen-bond acceptors (Lipinski definition) is 4. The standard InChI is InChI=1S/C9H8O5.Bi.3H/c1-13-6-2-4-7(5-3-6)14-9(12)8(10)11;;;;/h2-5H,1H3,(H,10,11);;;;. The van der Waals surface area contributed by atoms with Crippen molar-refractivity contribution in [2.24, 2.45) is 0 Å². The van der Waals surface area contributed by atoms with Crippen LogP contribution in [0.1, 0.15) is 0 Å². The second-order valence-corrected chi connectivity index (χ2v) is 2.37. The minimum atomic E-state index is -1.62. The van der Waals surface area contributed by atoms with Gasteiger partial charge in [0.1, 0.15) is 11.5 Å². The van der Waals surface area contributed by atoms with Crippen LogP contribution in [0.5, 0.6) is 11.5 Å². The number of benzene rings is 1. The molecule has 1 aromatic carbocycles. The van der Waals surface area contributed by atoms with Crippen LogP contribution in [-0.2, 0) is 9.59 Å². The second kappa shape index (κ2) is 6.35. The molecule has 6 heteroatoms. The van der Waals surface area contributed by atoms with Crippen LogP contribution in [0, 0.1) is 0 Å². The summed E-state index contributed by atoms with van der Waals surface area (Å²) in [5, 5.41) is 8.24. The third-order valence-corrected chi connectivity index (χ3v) is 1.44. The quantitative estimate of drug-likeness (QED) is 0.309. The number of methoxy groups -OCH3 is 1. The van der Waals surface area contributed by atoms with Crippen molar-refractivity contribution in [2.45, 2.75) is 0 Å². The molecule has 0 heterocycles. The number of hydrogen-bond donors (Lipinski definition) is 1. The van der Waals surface area contributed by atoms with E-state index >= 15 is 0 Å². The van der Waals surface area contributed by atoms with E-state index < -0.39 is 11.9 Å². The van der Waals surface area contributed by atoms with Crippen molar-refractivity contribution in [1.29, 1.82) is 0 Å². The van der Waals surface area contributed by atoms with Gasteiger partial charge < -0.3 is 14.6 Å². The summed E-state index contributed by atoms with van der Waals surface area (Å²) in [6.45, 7) is 0. The van der Waals surface area contributed by atoms with Crippen molar-refractivity contribution >= 4 is 38.1 Å². The summed E-state index contributed by atoms with van der Waals surface area (Å²) in [7, 11) is 1.50. The molecule has 1 aromatic rings. The van der Waals surface area contributed by atoms with Crippen molar-refractivity contribution in [3.63, 3.8) is 0 Å². The van der Waals surface area contributed by atoms with Crippen LogP contribution in [0.4, 0.5) is 0 Å². The molecular formula is C9H11BiO5. The first kappa shape index (κ1) is 13.8. The Morgan fingerprint density at radius 1 is 1.13 bits per heavy atom. The van der Waals surface area contributed by atoms with E-state index in [1.807, 2.05) is 0 Å². The molecule has 0 saturated heterocycles. The summed E-state index contributed by atoms with van der Waals surface area (Å²) in [6, 6.07) is 6.01. The first-order chi connectivity index (χ1) is 6.63. The Balaban J connectivity index is 0.00000196. The molecule has 82 valence electrons. The fourth-order valence-electron chi connectivity index (χ4n) is 0.794. The number of carbonyl (C=O) groups is 2. The summed E-state index contributed by atoms with van der Waals surface area (Å²) in [5.41, 5.74) is 0. The summed E-state index contributed by atoms with van der Waals surface area (Å²) >= 11 is 0. The van der Waals surface area contributed by atoms with E-state index in [9.17, 15) is 9.59 Å². The monoisotopic (exact) mass is 408 g/mol. The van der Waals surface area contributed by atoms with Crippen molar-refractivity contribution in [1.82, 2.24) is 0 Å². The number of rotatable bonds is 2. The van der Waals surface area contributed by atoms with Gasteiger partial charge in [-0.1, -0.05) is 0 Å². The summed E-state index contributed by atoms with van der Waals surface area (Å²) in [4.78, 5) is 20.7. The second-order valence-electron chi connectivity index (χ2n) is 2.37. The van der Waals surface area contributed by atoms with Gasteiger partial charge in [0, 0.05) is 0 Å². The maximum atomic E-state index is 10.6. The predicted molar refractivity (Wildman–Crippen MR) is 56.2 cm³/mol. The van der Waals surface area contributed by atoms with Gasteiger partial charge in [-0.05, 0) is 24.3 Å². The van der Waals surface area contributed by atoms with Crippen molar-refractivity contribution in [2.75, 3.05) is 7.11 Å². The van der Waals surface area contributed by atoms with Gasteiger partial charge >= 0.3 is 38.1 Å². The molecular weight excluding hydrogens is 397 g/mol. The zero-order valence-electron chi connectivity index (χ0n) is 8.10. The average Bonchev–Trinajstić information content (AvgIpc) is 2.19. The number of ether oxygens (including phenoxy) is 2. The number of carbonyl (C=O) groups excluding carboxylic acids is 1. The van der Waals surface area contributed by atoms with Crippen LogP contribution >= 0.6 is 0 Å². The van der Waals surface area contributed by atoms with Gasteiger partial charge in [0.25, 0.3) is 0 Å². The van der Waals surface area contributed by atoms with Crippen LogP contribution in [0.25, 0.3) is 0 Å². The topological polar surface area (TPSA) is 72.8 Å². The Bertz CT molecular complexity index is 346. The van der Waals surface area contributed by atoms with Gasteiger partial charge in [0.05, 0.1) is 7.11 Å². The number of carboxylic acids is 1. The minimum absolute atomic E-state index is 0. The van der Waals surface area contributed by atoms with Crippen LogP contribution in [0.15, 0.2) is 24.3 Å². The molecule has 0 aliphatic rings. The molecule has 0 aliphatic heterocycles. The van der Waals surface area contributed by atoms with E-state index in [1.165, 1.54) is 19.2 Å². The van der Waals surface area contributed by atoms with Gasteiger partial charge in [-0.25, -0.2) is 9.59 Å². The SMILES string of the molecule is COc1ccc(OC(=O)C(=O)O)cc1.[BiH3]. The molecule has 5 nitrogen and oxygen atoms in total. The average molecular weight is 408 g/mol. The third kappa shape index (κ3) is 4.25. The Morgan fingerprint density at radius 3 is 2.00 bits per heavy atom. The molecule has 1 rings (SSSR count). The Morgan fingerprint density at radius 2 is 1.60 bits per heavy atom.